The molecule has 1 amide bonds. The molecule has 0 bridgehead atoms. The van der Waals surface area contributed by atoms with Crippen LogP contribution in [0.4, 0.5) is 5.69 Å². The van der Waals surface area contributed by atoms with Gasteiger partial charge in [-0.15, -0.1) is 0 Å². The predicted molar refractivity (Wildman–Crippen MR) is 107 cm³/mol. The Balaban J connectivity index is 2.04. The molecule has 2 aromatic carbocycles. The normalized spacial score (nSPS) is 11.0. The number of rotatable bonds is 8. The molecule has 0 aromatic heterocycles. The number of carbonyl (C=O) groups is 1. The van der Waals surface area contributed by atoms with Crippen molar-refractivity contribution in [2.24, 2.45) is 5.92 Å². The second-order valence-corrected chi connectivity index (χ2v) is 6.36. The maximum atomic E-state index is 12.3. The van der Waals surface area contributed by atoms with E-state index in [9.17, 15) is 10.1 Å². The summed E-state index contributed by atoms with van der Waals surface area (Å²) >= 11 is 0. The Bertz CT molecular complexity index is 816. The lowest BCUT2D eigenvalue weighted by Crippen LogP contribution is -2.13. The van der Waals surface area contributed by atoms with Gasteiger partial charge in [-0.3, -0.25) is 4.79 Å². The molecule has 2 aromatic rings. The second kappa shape index (κ2) is 10.0. The van der Waals surface area contributed by atoms with Crippen LogP contribution in [0.25, 0.3) is 6.08 Å². The van der Waals surface area contributed by atoms with E-state index in [1.807, 2.05) is 37.3 Å². The number of amides is 1. The Labute approximate surface area is 160 Å². The van der Waals surface area contributed by atoms with E-state index in [-0.39, 0.29) is 5.57 Å². The summed E-state index contributed by atoms with van der Waals surface area (Å²) in [5.74, 6) is 1.48. The van der Waals surface area contributed by atoms with Gasteiger partial charge in [0.05, 0.1) is 13.2 Å². The van der Waals surface area contributed by atoms with E-state index in [4.69, 9.17) is 9.47 Å². The maximum absolute atomic E-state index is 12.3. The highest BCUT2D eigenvalue weighted by molar-refractivity contribution is 6.09. The standard InChI is InChI=1S/C22H24N2O3/c1-4-26-20-11-7-19(8-12-20)24-22(25)18(14-23)13-17-5-9-21(10-6-17)27-15-16(2)3/h5-13,16H,4,15H2,1-3H3,(H,24,25)/b18-13-. The third-order valence-electron chi connectivity index (χ3n) is 3.56. The van der Waals surface area contributed by atoms with Gasteiger partial charge < -0.3 is 14.8 Å². The highest BCUT2D eigenvalue weighted by atomic mass is 16.5. The van der Waals surface area contributed by atoms with Crippen LogP contribution in [-0.4, -0.2) is 19.1 Å². The van der Waals surface area contributed by atoms with E-state index in [1.54, 1.807) is 30.3 Å². The van der Waals surface area contributed by atoms with E-state index in [2.05, 4.69) is 19.2 Å². The van der Waals surface area contributed by atoms with Gasteiger partial charge in [0.25, 0.3) is 5.91 Å². The van der Waals surface area contributed by atoms with Gasteiger partial charge in [0.15, 0.2) is 0 Å². The summed E-state index contributed by atoms with van der Waals surface area (Å²) in [6, 6.07) is 16.2. The Morgan fingerprint density at radius 2 is 1.67 bits per heavy atom. The van der Waals surface area contributed by atoms with Crippen LogP contribution in [0.3, 0.4) is 0 Å². The summed E-state index contributed by atoms with van der Waals surface area (Å²) in [5.41, 5.74) is 1.38. The highest BCUT2D eigenvalue weighted by Crippen LogP contribution is 2.18. The van der Waals surface area contributed by atoms with Crippen LogP contribution in [0.15, 0.2) is 54.1 Å². The van der Waals surface area contributed by atoms with Crippen molar-refractivity contribution in [3.05, 3.63) is 59.7 Å². The predicted octanol–water partition coefficient (Wildman–Crippen LogP) is 4.67. The summed E-state index contributed by atoms with van der Waals surface area (Å²) in [6.45, 7) is 7.29. The number of hydrogen-bond donors (Lipinski definition) is 1. The fraction of sp³-hybridized carbons (Fsp3) is 0.273. The van der Waals surface area contributed by atoms with Crippen LogP contribution in [0.2, 0.25) is 0 Å². The minimum Gasteiger partial charge on any atom is -0.494 e. The summed E-state index contributed by atoms with van der Waals surface area (Å²) < 4.78 is 11.0. The van der Waals surface area contributed by atoms with E-state index < -0.39 is 5.91 Å². The Morgan fingerprint density at radius 1 is 1.07 bits per heavy atom. The first-order chi connectivity index (χ1) is 13.0. The fourth-order valence-corrected chi connectivity index (χ4v) is 2.24. The minimum absolute atomic E-state index is 0.0275. The van der Waals surface area contributed by atoms with Crippen molar-refractivity contribution in [2.75, 3.05) is 18.5 Å². The minimum atomic E-state index is -0.457. The number of hydrogen-bond acceptors (Lipinski definition) is 4. The number of ether oxygens (including phenoxy) is 2. The quantitative estimate of drug-likeness (QED) is 0.546. The van der Waals surface area contributed by atoms with Gasteiger partial charge in [0, 0.05) is 5.69 Å². The molecule has 1 N–H and O–H groups in total. The Morgan fingerprint density at radius 3 is 2.22 bits per heavy atom. The van der Waals surface area contributed by atoms with Crippen molar-refractivity contribution < 1.29 is 14.3 Å². The molecule has 0 aliphatic carbocycles. The van der Waals surface area contributed by atoms with Crippen molar-refractivity contribution in [2.45, 2.75) is 20.8 Å². The first-order valence-corrected chi connectivity index (χ1v) is 8.90. The molecule has 0 heterocycles. The van der Waals surface area contributed by atoms with Crippen molar-refractivity contribution in [3.8, 4) is 17.6 Å². The molecule has 140 valence electrons. The average Bonchev–Trinajstić information content (AvgIpc) is 2.67. The molecule has 0 spiro atoms. The van der Waals surface area contributed by atoms with E-state index in [1.165, 1.54) is 0 Å². The zero-order chi connectivity index (χ0) is 19.6. The zero-order valence-corrected chi connectivity index (χ0v) is 15.9. The summed E-state index contributed by atoms with van der Waals surface area (Å²) in [4.78, 5) is 12.3. The number of nitrogens with one attached hydrogen (secondary N) is 1. The van der Waals surface area contributed by atoms with Crippen LogP contribution in [0, 0.1) is 17.2 Å². The lowest BCUT2D eigenvalue weighted by molar-refractivity contribution is -0.112. The van der Waals surface area contributed by atoms with Crippen LogP contribution in [0.1, 0.15) is 26.3 Å². The molecular formula is C22H24N2O3. The van der Waals surface area contributed by atoms with Gasteiger partial charge in [-0.1, -0.05) is 26.0 Å². The van der Waals surface area contributed by atoms with Gasteiger partial charge in [0.1, 0.15) is 23.1 Å². The molecule has 0 saturated heterocycles. The molecule has 0 atom stereocenters. The Kier molecular flexibility index (Phi) is 7.45. The summed E-state index contributed by atoms with van der Waals surface area (Å²) in [6.07, 6.45) is 1.55. The van der Waals surface area contributed by atoms with Crippen LogP contribution >= 0.6 is 0 Å². The van der Waals surface area contributed by atoms with Gasteiger partial charge in [0.2, 0.25) is 0 Å². The molecule has 0 aliphatic rings. The van der Waals surface area contributed by atoms with E-state index in [0.717, 1.165) is 17.1 Å². The number of nitriles is 1. The summed E-state index contributed by atoms with van der Waals surface area (Å²) in [5, 5.41) is 12.0. The number of anilines is 1. The number of carbonyl (C=O) groups excluding carboxylic acids is 1. The SMILES string of the molecule is CCOc1ccc(NC(=O)/C(C#N)=C\c2ccc(OCC(C)C)cc2)cc1. The smallest absolute Gasteiger partial charge is 0.266 e. The fourth-order valence-electron chi connectivity index (χ4n) is 2.24. The third kappa shape index (κ3) is 6.52. The molecule has 0 aliphatic heterocycles. The van der Waals surface area contributed by atoms with E-state index >= 15 is 0 Å². The molecule has 5 heteroatoms. The molecule has 2 rings (SSSR count). The summed E-state index contributed by atoms with van der Waals surface area (Å²) in [7, 11) is 0. The maximum Gasteiger partial charge on any atom is 0.266 e. The molecule has 27 heavy (non-hydrogen) atoms. The second-order valence-electron chi connectivity index (χ2n) is 6.36. The molecule has 0 radical (unpaired) electrons. The molecule has 0 unspecified atom stereocenters. The van der Waals surface area contributed by atoms with Crippen LogP contribution in [-0.2, 0) is 4.79 Å². The van der Waals surface area contributed by atoms with Crippen molar-refractivity contribution in [1.29, 1.82) is 5.26 Å². The molecule has 5 nitrogen and oxygen atoms in total. The monoisotopic (exact) mass is 364 g/mol. The first-order valence-electron chi connectivity index (χ1n) is 8.90. The van der Waals surface area contributed by atoms with E-state index in [0.29, 0.717) is 24.8 Å². The number of nitrogens with zero attached hydrogens (tertiary/aromatic N) is 1. The lowest BCUT2D eigenvalue weighted by atomic mass is 10.1. The number of benzene rings is 2. The van der Waals surface area contributed by atoms with Gasteiger partial charge in [-0.2, -0.15) is 5.26 Å². The molecule has 0 fully saturated rings. The van der Waals surface area contributed by atoms with Crippen molar-refractivity contribution in [3.63, 3.8) is 0 Å². The first kappa shape index (κ1) is 20.1. The molecule has 0 saturated carbocycles. The van der Waals surface area contributed by atoms with Gasteiger partial charge >= 0.3 is 0 Å². The van der Waals surface area contributed by atoms with Crippen molar-refractivity contribution in [1.82, 2.24) is 0 Å². The zero-order valence-electron chi connectivity index (χ0n) is 15.9. The van der Waals surface area contributed by atoms with Crippen LogP contribution in [0.5, 0.6) is 11.5 Å². The van der Waals surface area contributed by atoms with Crippen molar-refractivity contribution >= 4 is 17.7 Å². The molecular weight excluding hydrogens is 340 g/mol. The third-order valence-corrected chi connectivity index (χ3v) is 3.56. The average molecular weight is 364 g/mol. The highest BCUT2D eigenvalue weighted by Gasteiger charge is 2.10. The Hall–Kier alpha value is -3.26. The van der Waals surface area contributed by atoms with Crippen LogP contribution < -0.4 is 14.8 Å². The van der Waals surface area contributed by atoms with Gasteiger partial charge in [-0.05, 0) is 60.9 Å². The van der Waals surface area contributed by atoms with Gasteiger partial charge in [-0.25, -0.2) is 0 Å². The largest absolute Gasteiger partial charge is 0.494 e. The lowest BCUT2D eigenvalue weighted by Gasteiger charge is -2.09. The topological polar surface area (TPSA) is 71.3 Å².